The molecule has 1 atom stereocenters. The molecule has 0 spiro atoms. The van der Waals surface area contributed by atoms with Crippen LogP contribution in [0.3, 0.4) is 0 Å². The highest BCUT2D eigenvalue weighted by Crippen LogP contribution is 2.35. The molecule has 2 aliphatic carbocycles. The van der Waals surface area contributed by atoms with E-state index in [2.05, 4.69) is 37.5 Å². The molecule has 3 heterocycles. The number of H-pyrrole nitrogens is 2. The summed E-state index contributed by atoms with van der Waals surface area (Å²) in [5, 5.41) is 18.4. The van der Waals surface area contributed by atoms with Gasteiger partial charge in [-0.15, -0.1) is 0 Å². The average Bonchev–Trinajstić information content (AvgIpc) is 3.25. The molecular weight excluding hydrogens is 424 g/mol. The smallest absolute Gasteiger partial charge is 0.326 e. The summed E-state index contributed by atoms with van der Waals surface area (Å²) < 4.78 is 6.99. The van der Waals surface area contributed by atoms with Crippen LogP contribution in [0.25, 0.3) is 11.7 Å². The van der Waals surface area contributed by atoms with Crippen molar-refractivity contribution in [3.05, 3.63) is 62.5 Å². The van der Waals surface area contributed by atoms with Gasteiger partial charge in [-0.2, -0.15) is 19.6 Å². The number of anilines is 1. The fraction of sp³-hybridized carbons (Fsp3) is 0.318. The Kier molecular flexibility index (Phi) is 4.42. The van der Waals surface area contributed by atoms with Crippen molar-refractivity contribution in [2.45, 2.75) is 37.8 Å². The van der Waals surface area contributed by atoms with Crippen molar-refractivity contribution >= 4 is 17.7 Å². The molecule has 4 N–H and O–H groups in total. The van der Waals surface area contributed by atoms with Crippen LogP contribution in [0.1, 0.15) is 42.1 Å². The van der Waals surface area contributed by atoms with Gasteiger partial charge in [0.15, 0.2) is 5.65 Å². The Hall–Kier alpha value is -4.15. The van der Waals surface area contributed by atoms with Crippen LogP contribution in [0.4, 0.5) is 5.95 Å². The molecule has 168 valence electrons. The lowest BCUT2D eigenvalue weighted by Crippen LogP contribution is -2.25. The van der Waals surface area contributed by atoms with E-state index in [0.29, 0.717) is 22.4 Å². The first-order valence-corrected chi connectivity index (χ1v) is 10.8. The van der Waals surface area contributed by atoms with Gasteiger partial charge in [0.1, 0.15) is 11.4 Å². The van der Waals surface area contributed by atoms with Crippen molar-refractivity contribution in [3.8, 4) is 11.6 Å². The van der Waals surface area contributed by atoms with Gasteiger partial charge in [-0.1, -0.05) is 6.07 Å². The highest BCUT2D eigenvalue weighted by atomic mass is 16.5. The third-order valence-corrected chi connectivity index (χ3v) is 5.99. The fourth-order valence-electron chi connectivity index (χ4n) is 4.16. The van der Waals surface area contributed by atoms with Crippen molar-refractivity contribution in [1.29, 1.82) is 0 Å². The van der Waals surface area contributed by atoms with Gasteiger partial charge in [0.25, 0.3) is 5.62 Å². The Labute approximate surface area is 186 Å². The molecule has 3 aromatic heterocycles. The minimum absolute atomic E-state index is 0.0479. The van der Waals surface area contributed by atoms with Gasteiger partial charge in [-0.3, -0.25) is 4.98 Å². The second-order valence-electron chi connectivity index (χ2n) is 8.33. The molecule has 0 saturated heterocycles. The Morgan fingerprint density at radius 2 is 2.15 bits per heavy atom. The van der Waals surface area contributed by atoms with Crippen LogP contribution in [-0.2, 0) is 6.42 Å². The summed E-state index contributed by atoms with van der Waals surface area (Å²) in [6.07, 6.45) is 7.17. The van der Waals surface area contributed by atoms with E-state index < -0.39 is 5.69 Å². The first kappa shape index (κ1) is 19.5. The SMILES string of the molecule is COc1ccc2c(c1)C(Nc1nc(=NC3CC3)n3nc/c(=C\c4[nH]c(=O)[nH]c4O)c3n1)CC2. The number of aromatic nitrogens is 6. The highest BCUT2D eigenvalue weighted by Gasteiger charge is 2.25. The van der Waals surface area contributed by atoms with Crippen molar-refractivity contribution in [1.82, 2.24) is 29.5 Å². The van der Waals surface area contributed by atoms with Crippen LogP contribution in [0, 0.1) is 0 Å². The molecule has 1 unspecified atom stereocenters. The molecule has 0 bridgehead atoms. The van der Waals surface area contributed by atoms with E-state index in [9.17, 15) is 9.90 Å². The molecule has 0 aliphatic heterocycles. The Bertz CT molecular complexity index is 1550. The summed E-state index contributed by atoms with van der Waals surface area (Å²) in [4.78, 5) is 30.4. The van der Waals surface area contributed by atoms with E-state index >= 15 is 0 Å². The number of aryl methyl sites for hydroxylation is 1. The summed E-state index contributed by atoms with van der Waals surface area (Å²) in [5.74, 6) is 1.02. The summed E-state index contributed by atoms with van der Waals surface area (Å²) in [6, 6.07) is 6.42. The standard InChI is InChI=1S/C22H22N8O3/c1-33-14-6-2-11-3-7-16(15(11)9-14)25-20-27-18-12(8-17-19(31)28-22(32)26-17)10-23-30(18)21(29-20)24-13-4-5-13/h2,6,8-10,13,16,31H,3-5,7H2,1H3,(H,24,25,29)(H2,26,28,32)/b12-8+. The second kappa shape index (κ2) is 7.47. The monoisotopic (exact) mass is 446 g/mol. The number of benzene rings is 1. The van der Waals surface area contributed by atoms with Crippen LogP contribution in [0.15, 0.2) is 34.2 Å². The number of aromatic amines is 2. The average molecular weight is 446 g/mol. The van der Waals surface area contributed by atoms with Gasteiger partial charge in [0.05, 0.1) is 25.4 Å². The van der Waals surface area contributed by atoms with E-state index in [4.69, 9.17) is 14.7 Å². The van der Waals surface area contributed by atoms with Crippen molar-refractivity contribution in [2.75, 3.05) is 12.4 Å². The van der Waals surface area contributed by atoms with Crippen LogP contribution in [0.2, 0.25) is 0 Å². The largest absolute Gasteiger partial charge is 0.497 e. The summed E-state index contributed by atoms with van der Waals surface area (Å²) >= 11 is 0. The zero-order valence-electron chi connectivity index (χ0n) is 17.9. The van der Waals surface area contributed by atoms with E-state index in [1.165, 1.54) is 11.1 Å². The van der Waals surface area contributed by atoms with Gasteiger partial charge in [0.2, 0.25) is 11.8 Å². The maximum atomic E-state index is 11.5. The third kappa shape index (κ3) is 3.60. The lowest BCUT2D eigenvalue weighted by Gasteiger charge is -2.15. The van der Waals surface area contributed by atoms with E-state index in [1.807, 2.05) is 6.07 Å². The molecule has 4 aromatic rings. The third-order valence-electron chi connectivity index (χ3n) is 5.99. The van der Waals surface area contributed by atoms with Crippen LogP contribution in [0.5, 0.6) is 11.6 Å². The Morgan fingerprint density at radius 1 is 1.27 bits per heavy atom. The summed E-state index contributed by atoms with van der Waals surface area (Å²) in [5.41, 5.74) is 3.21. The van der Waals surface area contributed by atoms with Gasteiger partial charge in [-0.25, -0.2) is 9.79 Å². The molecule has 1 saturated carbocycles. The predicted molar refractivity (Wildman–Crippen MR) is 119 cm³/mol. The fourth-order valence-corrected chi connectivity index (χ4v) is 4.16. The number of imidazole rings is 1. The predicted octanol–water partition coefficient (Wildman–Crippen LogP) is 0.565. The van der Waals surface area contributed by atoms with E-state index in [-0.39, 0.29) is 23.7 Å². The van der Waals surface area contributed by atoms with Crippen molar-refractivity contribution in [2.24, 2.45) is 4.99 Å². The molecule has 33 heavy (non-hydrogen) atoms. The number of hydrogen-bond acceptors (Lipinski definition) is 8. The van der Waals surface area contributed by atoms with Crippen LogP contribution in [-0.4, -0.2) is 47.8 Å². The van der Waals surface area contributed by atoms with E-state index in [0.717, 1.165) is 31.4 Å². The number of nitrogens with zero attached hydrogens (tertiary/aromatic N) is 5. The number of fused-ring (bicyclic) bond motifs is 2. The molecule has 6 rings (SSSR count). The summed E-state index contributed by atoms with van der Waals surface area (Å²) in [6.45, 7) is 0. The minimum Gasteiger partial charge on any atom is -0.497 e. The molecule has 11 heteroatoms. The molecule has 1 fully saturated rings. The highest BCUT2D eigenvalue weighted by molar-refractivity contribution is 5.57. The van der Waals surface area contributed by atoms with Gasteiger partial charge in [-0.05, 0) is 55.0 Å². The summed E-state index contributed by atoms with van der Waals surface area (Å²) in [7, 11) is 1.66. The van der Waals surface area contributed by atoms with Crippen molar-refractivity contribution < 1.29 is 9.84 Å². The molecule has 2 aliphatic rings. The Balaban J connectivity index is 1.46. The first-order valence-electron chi connectivity index (χ1n) is 10.8. The second-order valence-corrected chi connectivity index (χ2v) is 8.33. The van der Waals surface area contributed by atoms with E-state index in [1.54, 1.807) is 23.9 Å². The number of ether oxygens (including phenoxy) is 1. The number of aromatic hydroxyl groups is 1. The quantitative estimate of drug-likeness (QED) is 0.350. The lowest BCUT2D eigenvalue weighted by atomic mass is 10.1. The maximum absolute atomic E-state index is 11.5. The normalized spacial score (nSPS) is 18.8. The van der Waals surface area contributed by atoms with Gasteiger partial charge in [0, 0.05) is 5.22 Å². The molecular formula is C22H22N8O3. The number of rotatable bonds is 5. The minimum atomic E-state index is -0.494. The molecule has 0 amide bonds. The number of methoxy groups -OCH3 is 1. The molecule has 11 nitrogen and oxygen atoms in total. The zero-order chi connectivity index (χ0) is 22.5. The van der Waals surface area contributed by atoms with Crippen molar-refractivity contribution in [3.63, 3.8) is 0 Å². The van der Waals surface area contributed by atoms with Crippen LogP contribution >= 0.6 is 0 Å². The first-order chi connectivity index (χ1) is 16.1. The number of hydrogen-bond donors (Lipinski definition) is 4. The number of nitrogens with one attached hydrogen (secondary N) is 3. The maximum Gasteiger partial charge on any atom is 0.326 e. The zero-order valence-corrected chi connectivity index (χ0v) is 17.9. The molecule has 1 aromatic carbocycles. The molecule has 0 radical (unpaired) electrons. The van der Waals surface area contributed by atoms with Gasteiger partial charge >= 0.3 is 5.69 Å². The van der Waals surface area contributed by atoms with Gasteiger partial charge < -0.3 is 20.1 Å². The topological polar surface area (TPSA) is 146 Å². The lowest BCUT2D eigenvalue weighted by molar-refractivity contribution is 0.414. The Morgan fingerprint density at radius 3 is 2.91 bits per heavy atom. The van der Waals surface area contributed by atoms with Crippen LogP contribution < -0.4 is 26.6 Å².